The average Bonchev–Trinajstić information content (AvgIpc) is 2.61. The van der Waals surface area contributed by atoms with Crippen molar-refractivity contribution in [1.29, 1.82) is 0 Å². The number of nitrogens with one attached hydrogen (secondary N) is 1. The first-order valence-electron chi connectivity index (χ1n) is 6.18. The standard InChI is InChI=1S/C13H16F2N2O2/c1-13(2)4-3-8(7-13)16-11-6-12(17(18)19)10(15)5-9(11)14/h5-6,8,16H,3-4,7H2,1-2H3. The molecule has 4 nitrogen and oxygen atoms in total. The summed E-state index contributed by atoms with van der Waals surface area (Å²) >= 11 is 0. The van der Waals surface area contributed by atoms with Crippen molar-refractivity contribution in [2.75, 3.05) is 5.32 Å². The first-order chi connectivity index (χ1) is 8.78. The molecule has 0 radical (unpaired) electrons. The summed E-state index contributed by atoms with van der Waals surface area (Å²) in [6, 6.07) is 1.55. The highest BCUT2D eigenvalue weighted by Gasteiger charge is 2.31. The first-order valence-corrected chi connectivity index (χ1v) is 6.18. The Labute approximate surface area is 110 Å². The molecule has 1 N–H and O–H groups in total. The Hall–Kier alpha value is -1.72. The van der Waals surface area contributed by atoms with Crippen molar-refractivity contribution < 1.29 is 13.7 Å². The molecule has 0 saturated heterocycles. The summed E-state index contributed by atoms with van der Waals surface area (Å²) in [5, 5.41) is 13.6. The summed E-state index contributed by atoms with van der Waals surface area (Å²) < 4.78 is 26.8. The Kier molecular flexibility index (Phi) is 3.43. The second-order valence-corrected chi connectivity index (χ2v) is 5.79. The van der Waals surface area contributed by atoms with Gasteiger partial charge < -0.3 is 5.32 Å². The summed E-state index contributed by atoms with van der Waals surface area (Å²) in [6.45, 7) is 4.25. The molecule has 1 fully saturated rings. The minimum atomic E-state index is -1.15. The van der Waals surface area contributed by atoms with E-state index in [-0.39, 0.29) is 17.1 Å². The van der Waals surface area contributed by atoms with Crippen LogP contribution in [0, 0.1) is 27.2 Å². The Morgan fingerprint density at radius 2 is 2.05 bits per heavy atom. The number of nitro benzene ring substituents is 1. The summed E-state index contributed by atoms with van der Waals surface area (Å²) in [5.74, 6) is -1.95. The van der Waals surface area contributed by atoms with Crippen LogP contribution in [-0.2, 0) is 0 Å². The van der Waals surface area contributed by atoms with Gasteiger partial charge in [-0.2, -0.15) is 4.39 Å². The van der Waals surface area contributed by atoms with Gasteiger partial charge in [0.15, 0.2) is 0 Å². The molecule has 0 aromatic heterocycles. The van der Waals surface area contributed by atoms with E-state index in [9.17, 15) is 18.9 Å². The zero-order valence-corrected chi connectivity index (χ0v) is 10.9. The number of nitro groups is 1. The number of rotatable bonds is 3. The summed E-state index contributed by atoms with van der Waals surface area (Å²) in [4.78, 5) is 9.79. The van der Waals surface area contributed by atoms with Gasteiger partial charge in [-0.05, 0) is 24.7 Å². The van der Waals surface area contributed by atoms with Gasteiger partial charge in [0.1, 0.15) is 5.82 Å². The van der Waals surface area contributed by atoms with Crippen molar-refractivity contribution in [1.82, 2.24) is 0 Å². The number of halogens is 2. The summed E-state index contributed by atoms with van der Waals surface area (Å²) in [5.41, 5.74) is -0.530. The van der Waals surface area contributed by atoms with Gasteiger partial charge in [0.2, 0.25) is 5.82 Å². The Bertz CT molecular complexity index is 518. The molecule has 0 bridgehead atoms. The van der Waals surface area contributed by atoms with E-state index < -0.39 is 22.2 Å². The zero-order valence-electron chi connectivity index (χ0n) is 10.9. The smallest absolute Gasteiger partial charge is 0.307 e. The lowest BCUT2D eigenvalue weighted by Crippen LogP contribution is -2.18. The van der Waals surface area contributed by atoms with Crippen molar-refractivity contribution in [2.24, 2.45) is 5.41 Å². The molecular formula is C13H16F2N2O2. The lowest BCUT2D eigenvalue weighted by Gasteiger charge is -2.18. The fraction of sp³-hybridized carbons (Fsp3) is 0.538. The van der Waals surface area contributed by atoms with Crippen molar-refractivity contribution in [2.45, 2.75) is 39.2 Å². The van der Waals surface area contributed by atoms with E-state index in [0.29, 0.717) is 6.07 Å². The molecule has 19 heavy (non-hydrogen) atoms. The van der Waals surface area contributed by atoms with Crippen LogP contribution in [0.3, 0.4) is 0 Å². The van der Waals surface area contributed by atoms with Crippen molar-refractivity contribution >= 4 is 11.4 Å². The van der Waals surface area contributed by atoms with Gasteiger partial charge in [0, 0.05) is 18.2 Å². The van der Waals surface area contributed by atoms with Crippen LogP contribution >= 0.6 is 0 Å². The number of hydrogen-bond acceptors (Lipinski definition) is 3. The molecular weight excluding hydrogens is 254 g/mol. The molecule has 104 valence electrons. The van der Waals surface area contributed by atoms with E-state index in [4.69, 9.17) is 0 Å². The number of anilines is 1. The van der Waals surface area contributed by atoms with Crippen LogP contribution in [0.1, 0.15) is 33.1 Å². The molecule has 0 heterocycles. The average molecular weight is 270 g/mol. The van der Waals surface area contributed by atoms with E-state index in [2.05, 4.69) is 19.2 Å². The predicted octanol–water partition coefficient (Wildman–Crippen LogP) is 3.86. The van der Waals surface area contributed by atoms with Crippen LogP contribution in [0.25, 0.3) is 0 Å². The molecule has 0 spiro atoms. The Morgan fingerprint density at radius 3 is 2.58 bits per heavy atom. The van der Waals surface area contributed by atoms with Crippen molar-refractivity contribution in [3.8, 4) is 0 Å². The van der Waals surface area contributed by atoms with Gasteiger partial charge in [-0.15, -0.1) is 0 Å². The maximum absolute atomic E-state index is 13.6. The molecule has 1 aliphatic carbocycles. The topological polar surface area (TPSA) is 55.2 Å². The zero-order chi connectivity index (χ0) is 14.2. The lowest BCUT2D eigenvalue weighted by atomic mass is 9.92. The number of hydrogen-bond donors (Lipinski definition) is 1. The van der Waals surface area contributed by atoms with Crippen LogP contribution in [0.4, 0.5) is 20.2 Å². The van der Waals surface area contributed by atoms with E-state index >= 15 is 0 Å². The normalized spacial score (nSPS) is 21.4. The third-order valence-corrected chi connectivity index (χ3v) is 3.56. The SMILES string of the molecule is CC1(C)CCC(Nc2cc([N+](=O)[O-])c(F)cc2F)C1. The van der Waals surface area contributed by atoms with Crippen LogP contribution < -0.4 is 5.32 Å². The first kappa shape index (κ1) is 13.7. The van der Waals surface area contributed by atoms with Crippen molar-refractivity contribution in [3.63, 3.8) is 0 Å². The lowest BCUT2D eigenvalue weighted by molar-refractivity contribution is -0.387. The highest BCUT2D eigenvalue weighted by atomic mass is 19.1. The molecule has 1 atom stereocenters. The molecule has 1 aromatic carbocycles. The highest BCUT2D eigenvalue weighted by molar-refractivity contribution is 5.53. The maximum Gasteiger partial charge on any atom is 0.307 e. The molecule has 1 aromatic rings. The third-order valence-electron chi connectivity index (χ3n) is 3.56. The maximum atomic E-state index is 13.6. The Morgan fingerprint density at radius 1 is 1.37 bits per heavy atom. The van der Waals surface area contributed by atoms with Gasteiger partial charge in [-0.3, -0.25) is 10.1 Å². The molecule has 1 saturated carbocycles. The van der Waals surface area contributed by atoms with E-state index in [1.54, 1.807) is 0 Å². The van der Waals surface area contributed by atoms with Crippen LogP contribution in [-0.4, -0.2) is 11.0 Å². The van der Waals surface area contributed by atoms with E-state index in [1.165, 1.54) is 0 Å². The van der Waals surface area contributed by atoms with E-state index in [1.807, 2.05) is 0 Å². The molecule has 6 heteroatoms. The molecule has 1 unspecified atom stereocenters. The van der Waals surface area contributed by atoms with Crippen LogP contribution in [0.5, 0.6) is 0 Å². The predicted molar refractivity (Wildman–Crippen MR) is 68.1 cm³/mol. The van der Waals surface area contributed by atoms with Gasteiger partial charge in [-0.25, -0.2) is 4.39 Å². The van der Waals surface area contributed by atoms with Crippen LogP contribution in [0.15, 0.2) is 12.1 Å². The fourth-order valence-corrected chi connectivity index (χ4v) is 2.57. The monoisotopic (exact) mass is 270 g/mol. The largest absolute Gasteiger partial charge is 0.380 e. The molecule has 0 aliphatic heterocycles. The molecule has 1 aliphatic rings. The number of nitrogens with zero attached hydrogens (tertiary/aromatic N) is 1. The minimum Gasteiger partial charge on any atom is -0.380 e. The number of benzene rings is 1. The van der Waals surface area contributed by atoms with Gasteiger partial charge in [-0.1, -0.05) is 13.8 Å². The van der Waals surface area contributed by atoms with Gasteiger partial charge in [0.05, 0.1) is 10.6 Å². The van der Waals surface area contributed by atoms with Crippen molar-refractivity contribution in [3.05, 3.63) is 33.9 Å². The van der Waals surface area contributed by atoms with Gasteiger partial charge >= 0.3 is 5.69 Å². The minimum absolute atomic E-state index is 0.00389. The molecule has 2 rings (SSSR count). The molecule has 0 amide bonds. The Balaban J connectivity index is 2.21. The second-order valence-electron chi connectivity index (χ2n) is 5.79. The quantitative estimate of drug-likeness (QED) is 0.670. The third kappa shape index (κ3) is 3.00. The second kappa shape index (κ2) is 4.75. The van der Waals surface area contributed by atoms with Crippen LogP contribution in [0.2, 0.25) is 0 Å². The fourth-order valence-electron chi connectivity index (χ4n) is 2.57. The summed E-state index contributed by atoms with van der Waals surface area (Å²) in [6.07, 6.45) is 2.74. The summed E-state index contributed by atoms with van der Waals surface area (Å²) in [7, 11) is 0. The van der Waals surface area contributed by atoms with E-state index in [0.717, 1.165) is 25.3 Å². The highest BCUT2D eigenvalue weighted by Crippen LogP contribution is 2.39. The van der Waals surface area contributed by atoms with Gasteiger partial charge in [0.25, 0.3) is 0 Å².